The van der Waals surface area contributed by atoms with Crippen LogP contribution in [0.5, 0.6) is 0 Å². The number of hydrogen-bond acceptors (Lipinski definition) is 5. The number of carbonyl (C=O) groups is 3. The SMILES string of the molecule is O=C(c1ccco1)[C@H]1[C@H]2C(=O)N(c3ccccc3C(F)(F)F)C(=O)[C@@H]2[C@@H]2c3ccccc3C=CN12. The third kappa shape index (κ3) is 3.00. The predicted octanol–water partition coefficient (Wildman–Crippen LogP) is 4.70. The lowest BCUT2D eigenvalue weighted by molar-refractivity contribution is -0.137. The molecule has 0 N–H and O–H groups in total. The second kappa shape index (κ2) is 7.43. The van der Waals surface area contributed by atoms with Gasteiger partial charge in [0.25, 0.3) is 0 Å². The van der Waals surface area contributed by atoms with Crippen molar-refractivity contribution < 1.29 is 32.0 Å². The molecule has 1 aromatic heterocycles. The zero-order valence-corrected chi connectivity index (χ0v) is 18.0. The Kier molecular flexibility index (Phi) is 4.54. The molecule has 6 rings (SSSR count). The molecule has 176 valence electrons. The number of Topliss-reactive ketones (excluding diaryl/α,β-unsaturated/α-hetero) is 1. The molecule has 0 spiro atoms. The summed E-state index contributed by atoms with van der Waals surface area (Å²) in [5.74, 6) is -4.31. The molecule has 0 saturated carbocycles. The fourth-order valence-corrected chi connectivity index (χ4v) is 5.57. The fourth-order valence-electron chi connectivity index (χ4n) is 5.57. The topological polar surface area (TPSA) is 70.8 Å². The summed E-state index contributed by atoms with van der Waals surface area (Å²) < 4.78 is 46.6. The molecule has 3 aliphatic rings. The van der Waals surface area contributed by atoms with E-state index in [1.54, 1.807) is 29.3 Å². The van der Waals surface area contributed by atoms with Crippen molar-refractivity contribution in [1.29, 1.82) is 0 Å². The first-order valence-corrected chi connectivity index (χ1v) is 11.0. The highest BCUT2D eigenvalue weighted by Crippen LogP contribution is 2.54. The van der Waals surface area contributed by atoms with Gasteiger partial charge in [-0.15, -0.1) is 0 Å². The van der Waals surface area contributed by atoms with Gasteiger partial charge in [0.2, 0.25) is 17.6 Å². The van der Waals surface area contributed by atoms with Crippen molar-refractivity contribution >= 4 is 29.4 Å². The van der Waals surface area contributed by atoms with Crippen molar-refractivity contribution in [3.63, 3.8) is 0 Å². The molecule has 3 aliphatic heterocycles. The Hall–Kier alpha value is -4.14. The lowest BCUT2D eigenvalue weighted by Gasteiger charge is -2.35. The van der Waals surface area contributed by atoms with Crippen LogP contribution in [-0.2, 0) is 15.8 Å². The summed E-state index contributed by atoms with van der Waals surface area (Å²) in [5, 5.41) is 0. The van der Waals surface area contributed by atoms with E-state index in [4.69, 9.17) is 4.42 Å². The molecule has 35 heavy (non-hydrogen) atoms. The Labute approximate surface area is 197 Å². The number of anilines is 1. The fraction of sp³-hybridized carbons (Fsp3) is 0.192. The Morgan fingerprint density at radius 2 is 1.60 bits per heavy atom. The monoisotopic (exact) mass is 478 g/mol. The molecular formula is C26H17F3N2O4. The van der Waals surface area contributed by atoms with Crippen LogP contribution in [-0.4, -0.2) is 28.5 Å². The number of imide groups is 1. The zero-order chi connectivity index (χ0) is 24.5. The summed E-state index contributed by atoms with van der Waals surface area (Å²) in [7, 11) is 0. The number of hydrogen-bond donors (Lipinski definition) is 0. The first-order valence-electron chi connectivity index (χ1n) is 11.0. The minimum Gasteiger partial charge on any atom is -0.461 e. The molecule has 4 atom stereocenters. The Morgan fingerprint density at radius 1 is 0.886 bits per heavy atom. The molecule has 0 bridgehead atoms. The number of carbonyl (C=O) groups excluding carboxylic acids is 3. The molecule has 0 unspecified atom stereocenters. The summed E-state index contributed by atoms with van der Waals surface area (Å²) in [6.45, 7) is 0. The van der Waals surface area contributed by atoms with Crippen molar-refractivity contribution in [3.8, 4) is 0 Å². The maximum absolute atomic E-state index is 13.8. The van der Waals surface area contributed by atoms with Crippen LogP contribution in [0.15, 0.2) is 77.5 Å². The number of furan rings is 1. The van der Waals surface area contributed by atoms with Crippen molar-refractivity contribution in [3.05, 3.63) is 95.6 Å². The van der Waals surface area contributed by atoms with Gasteiger partial charge >= 0.3 is 6.18 Å². The molecule has 9 heteroatoms. The van der Waals surface area contributed by atoms with Gasteiger partial charge in [-0.25, -0.2) is 4.90 Å². The number of amides is 2. The molecule has 2 amide bonds. The number of nitrogens with zero attached hydrogens (tertiary/aromatic N) is 2. The summed E-state index contributed by atoms with van der Waals surface area (Å²) in [5.41, 5.74) is -0.0731. The molecule has 2 fully saturated rings. The highest BCUT2D eigenvalue weighted by atomic mass is 19.4. The van der Waals surface area contributed by atoms with Crippen LogP contribution in [0.4, 0.5) is 18.9 Å². The summed E-state index contributed by atoms with van der Waals surface area (Å²) in [4.78, 5) is 43.3. The lowest BCUT2D eigenvalue weighted by atomic mass is 9.84. The van der Waals surface area contributed by atoms with E-state index < -0.39 is 58.9 Å². The number of halogens is 3. The minimum absolute atomic E-state index is 0.0102. The molecule has 0 radical (unpaired) electrons. The molecule has 4 heterocycles. The maximum atomic E-state index is 13.8. The normalized spacial score (nSPS) is 25.0. The van der Waals surface area contributed by atoms with Gasteiger partial charge in [0.05, 0.1) is 35.4 Å². The largest absolute Gasteiger partial charge is 0.461 e. The van der Waals surface area contributed by atoms with Crippen molar-refractivity contribution in [2.75, 3.05) is 4.90 Å². The van der Waals surface area contributed by atoms with Crippen LogP contribution >= 0.6 is 0 Å². The Bertz CT molecular complexity index is 1400. The molecule has 2 aromatic carbocycles. The van der Waals surface area contributed by atoms with Gasteiger partial charge in [0.1, 0.15) is 6.04 Å². The molecule has 6 nitrogen and oxygen atoms in total. The highest BCUT2D eigenvalue weighted by Gasteiger charge is 2.65. The number of ketones is 1. The van der Waals surface area contributed by atoms with E-state index in [9.17, 15) is 27.6 Å². The summed E-state index contributed by atoms with van der Waals surface area (Å²) in [6.07, 6.45) is 0.0167. The van der Waals surface area contributed by atoms with E-state index in [0.29, 0.717) is 4.90 Å². The van der Waals surface area contributed by atoms with Crippen molar-refractivity contribution in [2.24, 2.45) is 11.8 Å². The van der Waals surface area contributed by atoms with Crippen LogP contribution in [0.2, 0.25) is 0 Å². The zero-order valence-electron chi connectivity index (χ0n) is 18.0. The smallest absolute Gasteiger partial charge is 0.418 e. The number of rotatable bonds is 3. The minimum atomic E-state index is -4.77. The number of para-hydroxylation sites is 1. The second-order valence-corrected chi connectivity index (χ2v) is 8.70. The van der Waals surface area contributed by atoms with E-state index >= 15 is 0 Å². The van der Waals surface area contributed by atoms with Crippen molar-refractivity contribution in [1.82, 2.24) is 4.90 Å². The van der Waals surface area contributed by atoms with E-state index in [0.717, 1.165) is 23.3 Å². The van der Waals surface area contributed by atoms with Crippen LogP contribution in [0.1, 0.15) is 33.3 Å². The Balaban J connectivity index is 1.52. The van der Waals surface area contributed by atoms with Gasteiger partial charge < -0.3 is 9.32 Å². The summed E-state index contributed by atoms with van der Waals surface area (Å²) in [6, 6.07) is 12.9. The third-order valence-electron chi connectivity index (χ3n) is 6.94. The first-order chi connectivity index (χ1) is 16.8. The maximum Gasteiger partial charge on any atom is 0.418 e. The quantitative estimate of drug-likeness (QED) is 0.403. The van der Waals surface area contributed by atoms with Gasteiger partial charge in [0, 0.05) is 6.20 Å². The van der Waals surface area contributed by atoms with E-state index in [-0.39, 0.29) is 5.76 Å². The summed E-state index contributed by atoms with van der Waals surface area (Å²) >= 11 is 0. The third-order valence-corrected chi connectivity index (χ3v) is 6.94. The number of fused-ring (bicyclic) bond motifs is 5. The van der Waals surface area contributed by atoms with Crippen LogP contribution in [0, 0.1) is 11.8 Å². The molecule has 3 aromatic rings. The molecule has 2 saturated heterocycles. The average molecular weight is 478 g/mol. The van der Waals surface area contributed by atoms with E-state index in [1.807, 2.05) is 12.1 Å². The Morgan fingerprint density at radius 3 is 2.34 bits per heavy atom. The highest BCUT2D eigenvalue weighted by molar-refractivity contribution is 6.25. The average Bonchev–Trinajstić information content (AvgIpc) is 3.55. The van der Waals surface area contributed by atoms with Crippen LogP contribution in [0.25, 0.3) is 6.08 Å². The molecular weight excluding hydrogens is 461 g/mol. The van der Waals surface area contributed by atoms with Crippen molar-refractivity contribution in [2.45, 2.75) is 18.3 Å². The van der Waals surface area contributed by atoms with E-state index in [2.05, 4.69) is 0 Å². The predicted molar refractivity (Wildman–Crippen MR) is 118 cm³/mol. The number of benzene rings is 2. The lowest BCUT2D eigenvalue weighted by Crippen LogP contribution is -2.44. The standard InChI is InChI=1S/C26H17F3N2O4/c27-26(28,29)16-8-3-4-9-17(16)31-24(33)19-20(25(31)34)22(23(32)18-10-5-13-35-18)30-12-11-14-6-1-2-7-15(14)21(19)30/h1-13,19-22H/t19-,20-,21-,22+/m0/s1. The number of alkyl halides is 3. The van der Waals surface area contributed by atoms with Gasteiger partial charge in [-0.3, -0.25) is 14.4 Å². The van der Waals surface area contributed by atoms with Crippen LogP contribution in [0.3, 0.4) is 0 Å². The molecule has 0 aliphatic carbocycles. The second-order valence-electron chi connectivity index (χ2n) is 8.70. The van der Waals surface area contributed by atoms with Crippen LogP contribution < -0.4 is 4.90 Å². The first kappa shape index (κ1) is 21.4. The van der Waals surface area contributed by atoms with E-state index in [1.165, 1.54) is 30.5 Å². The van der Waals surface area contributed by atoms with Gasteiger partial charge in [0.15, 0.2) is 5.76 Å². The van der Waals surface area contributed by atoms with Gasteiger partial charge in [-0.05, 0) is 41.5 Å². The van der Waals surface area contributed by atoms with Gasteiger partial charge in [-0.2, -0.15) is 13.2 Å². The van der Waals surface area contributed by atoms with Gasteiger partial charge in [-0.1, -0.05) is 36.4 Å².